The van der Waals surface area contributed by atoms with Crippen molar-refractivity contribution in [3.8, 4) is 0 Å². The van der Waals surface area contributed by atoms with Crippen LogP contribution in [0.15, 0.2) is 91.0 Å². The minimum atomic E-state index is -1.88. The van der Waals surface area contributed by atoms with Gasteiger partial charge >= 0.3 is 0 Å². The summed E-state index contributed by atoms with van der Waals surface area (Å²) in [4.78, 5) is 0. The SMILES string of the molecule is C[Si](c1ccccc1)(c1ccccc1)c1ccccc1.[Si]. The lowest BCUT2D eigenvalue weighted by molar-refractivity contribution is 1.66. The Hall–Kier alpha value is -1.91. The van der Waals surface area contributed by atoms with Crippen molar-refractivity contribution in [2.24, 2.45) is 0 Å². The van der Waals surface area contributed by atoms with E-state index < -0.39 is 8.07 Å². The van der Waals surface area contributed by atoms with Crippen LogP contribution in [0.3, 0.4) is 0 Å². The van der Waals surface area contributed by atoms with Gasteiger partial charge < -0.3 is 0 Å². The summed E-state index contributed by atoms with van der Waals surface area (Å²) in [7, 11) is -1.88. The summed E-state index contributed by atoms with van der Waals surface area (Å²) < 4.78 is 0. The fourth-order valence-electron chi connectivity index (χ4n) is 2.81. The van der Waals surface area contributed by atoms with E-state index in [1.165, 1.54) is 15.6 Å². The van der Waals surface area contributed by atoms with Crippen LogP contribution in [0, 0.1) is 0 Å². The van der Waals surface area contributed by atoms with Crippen LogP contribution in [-0.4, -0.2) is 19.0 Å². The quantitative estimate of drug-likeness (QED) is 0.515. The van der Waals surface area contributed by atoms with Crippen molar-refractivity contribution >= 4 is 34.6 Å². The maximum absolute atomic E-state index is 2.44. The highest BCUT2D eigenvalue weighted by atomic mass is 28.3. The number of rotatable bonds is 3. The highest BCUT2D eigenvalue weighted by molar-refractivity contribution is 7.10. The summed E-state index contributed by atoms with van der Waals surface area (Å²) >= 11 is 0. The third kappa shape index (κ3) is 2.92. The Morgan fingerprint density at radius 1 is 0.476 bits per heavy atom. The molecule has 0 aromatic heterocycles. The molecule has 0 aliphatic rings. The molecule has 3 aromatic carbocycles. The Morgan fingerprint density at radius 3 is 0.952 bits per heavy atom. The second-order valence-electron chi connectivity index (χ2n) is 5.22. The summed E-state index contributed by atoms with van der Waals surface area (Å²) in [5, 5.41) is 4.37. The van der Waals surface area contributed by atoms with Gasteiger partial charge in [0.25, 0.3) is 0 Å². The van der Waals surface area contributed by atoms with Crippen LogP contribution in [0.5, 0.6) is 0 Å². The van der Waals surface area contributed by atoms with E-state index in [1.807, 2.05) is 0 Å². The van der Waals surface area contributed by atoms with Crippen LogP contribution < -0.4 is 15.6 Å². The van der Waals surface area contributed by atoms with Crippen molar-refractivity contribution in [3.63, 3.8) is 0 Å². The molecule has 4 radical (unpaired) electrons. The molecule has 0 fully saturated rings. The monoisotopic (exact) mass is 302 g/mol. The van der Waals surface area contributed by atoms with Crippen molar-refractivity contribution in [1.82, 2.24) is 0 Å². The average molecular weight is 303 g/mol. The van der Waals surface area contributed by atoms with Gasteiger partial charge in [-0.25, -0.2) is 0 Å². The molecule has 0 saturated heterocycles. The second-order valence-corrected chi connectivity index (χ2v) is 9.21. The Balaban J connectivity index is 0.00000161. The molecule has 0 unspecified atom stereocenters. The molecule has 102 valence electrons. The average Bonchev–Trinajstić information content (AvgIpc) is 2.56. The summed E-state index contributed by atoms with van der Waals surface area (Å²) in [5.74, 6) is 0. The molecule has 3 aromatic rings. The van der Waals surface area contributed by atoms with Crippen LogP contribution in [0.2, 0.25) is 6.55 Å². The molecule has 0 bridgehead atoms. The standard InChI is InChI=1S/C19H18Si.Si/c1-20(17-11-5-2-6-12-17,18-13-7-3-8-14-18)19-15-9-4-10-16-19;/h2-16H,1H3;. The largest absolute Gasteiger partial charge is 0.145 e. The van der Waals surface area contributed by atoms with E-state index in [0.717, 1.165) is 0 Å². The van der Waals surface area contributed by atoms with Crippen molar-refractivity contribution in [2.45, 2.75) is 6.55 Å². The lowest BCUT2D eigenvalue weighted by atomic mass is 10.3. The topological polar surface area (TPSA) is 0 Å². The molecule has 0 spiro atoms. The van der Waals surface area contributed by atoms with Crippen LogP contribution in [0.25, 0.3) is 0 Å². The molecule has 0 saturated carbocycles. The zero-order valence-corrected chi connectivity index (χ0v) is 14.2. The van der Waals surface area contributed by atoms with Gasteiger partial charge in [0.2, 0.25) is 0 Å². The predicted molar refractivity (Wildman–Crippen MR) is 95.6 cm³/mol. The van der Waals surface area contributed by atoms with Gasteiger partial charge in [-0.2, -0.15) is 0 Å². The zero-order valence-electron chi connectivity index (χ0n) is 12.2. The smallest absolute Gasteiger partial charge is 0.0624 e. The highest BCUT2D eigenvalue weighted by Gasteiger charge is 2.33. The Morgan fingerprint density at radius 2 is 0.714 bits per heavy atom. The molecule has 3 rings (SSSR count). The van der Waals surface area contributed by atoms with Crippen molar-refractivity contribution in [3.05, 3.63) is 91.0 Å². The first-order chi connectivity index (χ1) is 9.82. The summed E-state index contributed by atoms with van der Waals surface area (Å²) in [6.45, 7) is 2.44. The maximum atomic E-state index is 2.44. The fourth-order valence-corrected chi connectivity index (χ4v) is 6.39. The minimum Gasteiger partial charge on any atom is -0.0624 e. The third-order valence-corrected chi connectivity index (χ3v) is 8.52. The van der Waals surface area contributed by atoms with E-state index in [9.17, 15) is 0 Å². The van der Waals surface area contributed by atoms with Gasteiger partial charge in [0.15, 0.2) is 0 Å². The predicted octanol–water partition coefficient (Wildman–Crippen LogP) is 2.41. The molecule has 0 atom stereocenters. The van der Waals surface area contributed by atoms with Crippen molar-refractivity contribution in [2.75, 3.05) is 0 Å². The molecular weight excluding hydrogens is 284 g/mol. The van der Waals surface area contributed by atoms with Gasteiger partial charge in [-0.1, -0.05) is 97.5 Å². The van der Waals surface area contributed by atoms with E-state index in [-0.39, 0.29) is 11.0 Å². The van der Waals surface area contributed by atoms with Gasteiger partial charge in [-0.3, -0.25) is 0 Å². The Bertz CT molecular complexity index is 567. The Labute approximate surface area is 132 Å². The normalized spacial score (nSPS) is 10.7. The Kier molecular flexibility index (Phi) is 4.94. The molecule has 0 N–H and O–H groups in total. The van der Waals surface area contributed by atoms with E-state index in [0.29, 0.717) is 0 Å². The van der Waals surface area contributed by atoms with Crippen LogP contribution in [0.1, 0.15) is 0 Å². The van der Waals surface area contributed by atoms with Crippen molar-refractivity contribution < 1.29 is 0 Å². The van der Waals surface area contributed by atoms with Crippen LogP contribution in [-0.2, 0) is 0 Å². The fraction of sp³-hybridized carbons (Fsp3) is 0.0526. The molecule has 0 aliphatic heterocycles. The number of hydrogen-bond donors (Lipinski definition) is 0. The summed E-state index contributed by atoms with van der Waals surface area (Å²) in [5.41, 5.74) is 0. The van der Waals surface area contributed by atoms with Crippen molar-refractivity contribution in [1.29, 1.82) is 0 Å². The molecule has 21 heavy (non-hydrogen) atoms. The molecule has 0 aliphatic carbocycles. The maximum Gasteiger partial charge on any atom is 0.145 e. The van der Waals surface area contributed by atoms with E-state index in [4.69, 9.17) is 0 Å². The lowest BCUT2D eigenvalue weighted by Crippen LogP contribution is -2.64. The minimum absolute atomic E-state index is 0. The summed E-state index contributed by atoms with van der Waals surface area (Å²) in [6, 6.07) is 32.8. The second kappa shape index (κ2) is 6.70. The third-order valence-electron chi connectivity index (χ3n) is 4.05. The summed E-state index contributed by atoms with van der Waals surface area (Å²) in [6.07, 6.45) is 0. The van der Waals surface area contributed by atoms with Gasteiger partial charge in [0.05, 0.1) is 0 Å². The lowest BCUT2D eigenvalue weighted by Gasteiger charge is -2.29. The van der Waals surface area contributed by atoms with Crippen LogP contribution in [0.4, 0.5) is 0 Å². The van der Waals surface area contributed by atoms with Gasteiger partial charge in [0, 0.05) is 11.0 Å². The van der Waals surface area contributed by atoms with E-state index in [2.05, 4.69) is 97.5 Å². The molecular formula is C19H18Si2. The number of benzene rings is 3. The highest BCUT2D eigenvalue weighted by Crippen LogP contribution is 2.06. The van der Waals surface area contributed by atoms with Crippen LogP contribution >= 0.6 is 0 Å². The molecule has 2 heteroatoms. The van der Waals surface area contributed by atoms with E-state index in [1.54, 1.807) is 0 Å². The number of hydrogen-bond acceptors (Lipinski definition) is 0. The first-order valence-corrected chi connectivity index (χ1v) is 9.48. The first-order valence-electron chi connectivity index (χ1n) is 6.98. The van der Waals surface area contributed by atoms with Gasteiger partial charge in [-0.15, -0.1) is 0 Å². The molecule has 0 amide bonds. The molecule has 0 nitrogen and oxygen atoms in total. The van der Waals surface area contributed by atoms with Gasteiger partial charge in [-0.05, 0) is 15.6 Å². The molecule has 0 heterocycles. The van der Waals surface area contributed by atoms with E-state index >= 15 is 0 Å². The zero-order chi connectivity index (χ0) is 13.8. The van der Waals surface area contributed by atoms with Gasteiger partial charge in [0.1, 0.15) is 8.07 Å². The first kappa shape index (κ1) is 15.5.